The Morgan fingerprint density at radius 2 is 2.03 bits per heavy atom. The van der Waals surface area contributed by atoms with Crippen molar-refractivity contribution in [3.8, 4) is 5.75 Å². The summed E-state index contributed by atoms with van der Waals surface area (Å²) in [5.74, 6) is 0.831. The fourth-order valence-electron chi connectivity index (χ4n) is 4.84. The van der Waals surface area contributed by atoms with Crippen molar-refractivity contribution >= 4 is 17.3 Å². The van der Waals surface area contributed by atoms with Gasteiger partial charge in [0, 0.05) is 28.7 Å². The molecular weight excluding hydrogens is 384 g/mol. The number of nitrogens with zero attached hydrogens (tertiary/aromatic N) is 1. The first-order valence-electron chi connectivity index (χ1n) is 11.2. The first-order chi connectivity index (χ1) is 15.1. The third-order valence-electron chi connectivity index (χ3n) is 6.42. The summed E-state index contributed by atoms with van der Waals surface area (Å²) < 4.78 is 5.71. The zero-order valence-electron chi connectivity index (χ0n) is 18.5. The Morgan fingerprint density at radius 1 is 1.16 bits per heavy atom. The van der Waals surface area contributed by atoms with Crippen molar-refractivity contribution in [2.45, 2.75) is 45.6 Å². The number of rotatable bonds is 5. The van der Waals surface area contributed by atoms with Gasteiger partial charge in [0.1, 0.15) is 5.75 Å². The number of H-pyrrole nitrogens is 2. The van der Waals surface area contributed by atoms with Crippen LogP contribution >= 0.6 is 0 Å². The predicted octanol–water partition coefficient (Wildman–Crippen LogP) is 1.92. The maximum atomic E-state index is 5.71. The van der Waals surface area contributed by atoms with E-state index in [0.29, 0.717) is 6.04 Å². The maximum Gasteiger partial charge on any atom is 0.144 e. The van der Waals surface area contributed by atoms with Gasteiger partial charge in [0.25, 0.3) is 0 Å². The molecule has 3 aromatic rings. The quantitative estimate of drug-likeness (QED) is 0.597. The molecule has 0 radical (unpaired) electrons. The van der Waals surface area contributed by atoms with Crippen LogP contribution in [0.15, 0.2) is 41.4 Å². The Hall–Kier alpha value is -3.05. The SMILES string of the molecule is COc1c/c(=C2/N=c3ccccc3=C2CCC2CCCN2)[nH]/c1=C\c1[nH]c(C)cc1C. The molecule has 1 atom stereocenters. The third kappa shape index (κ3) is 3.86. The summed E-state index contributed by atoms with van der Waals surface area (Å²) in [6, 6.07) is 13.3. The fraction of sp³-hybridized carbons (Fsp3) is 0.346. The van der Waals surface area contributed by atoms with Gasteiger partial charge in [-0.1, -0.05) is 18.2 Å². The zero-order chi connectivity index (χ0) is 21.4. The lowest BCUT2D eigenvalue weighted by atomic mass is 10.0. The summed E-state index contributed by atoms with van der Waals surface area (Å²) in [6.45, 7) is 5.33. The number of ether oxygens (including phenoxy) is 1. The smallest absolute Gasteiger partial charge is 0.144 e. The minimum Gasteiger partial charge on any atom is -0.494 e. The van der Waals surface area contributed by atoms with Crippen molar-refractivity contribution < 1.29 is 4.74 Å². The monoisotopic (exact) mass is 414 g/mol. The Morgan fingerprint density at radius 3 is 2.77 bits per heavy atom. The number of methoxy groups -OCH3 is 1. The lowest BCUT2D eigenvalue weighted by Crippen LogP contribution is -2.24. The summed E-state index contributed by atoms with van der Waals surface area (Å²) in [6.07, 6.45) is 6.83. The summed E-state index contributed by atoms with van der Waals surface area (Å²) in [5, 5.41) is 7.90. The van der Waals surface area contributed by atoms with Gasteiger partial charge in [-0.15, -0.1) is 0 Å². The van der Waals surface area contributed by atoms with Crippen molar-refractivity contribution in [2.24, 2.45) is 4.99 Å². The van der Waals surface area contributed by atoms with Gasteiger partial charge in [0.15, 0.2) is 0 Å². The van der Waals surface area contributed by atoms with E-state index in [2.05, 4.69) is 71.6 Å². The zero-order valence-corrected chi connectivity index (χ0v) is 18.5. The highest BCUT2D eigenvalue weighted by atomic mass is 16.5. The fourth-order valence-corrected chi connectivity index (χ4v) is 4.84. The van der Waals surface area contributed by atoms with Crippen LogP contribution in [0.4, 0.5) is 0 Å². The van der Waals surface area contributed by atoms with Crippen molar-refractivity contribution in [1.82, 2.24) is 15.3 Å². The molecule has 31 heavy (non-hydrogen) atoms. The molecule has 1 saturated heterocycles. The van der Waals surface area contributed by atoms with Crippen LogP contribution in [0.25, 0.3) is 17.3 Å². The van der Waals surface area contributed by atoms with Crippen LogP contribution in [0, 0.1) is 13.8 Å². The molecule has 3 N–H and O–H groups in total. The first kappa shape index (κ1) is 19.9. The van der Waals surface area contributed by atoms with Crippen LogP contribution in [0.1, 0.15) is 42.6 Å². The molecule has 2 aromatic heterocycles. The van der Waals surface area contributed by atoms with Crippen LogP contribution in [0.3, 0.4) is 0 Å². The van der Waals surface area contributed by atoms with Gasteiger partial charge in [-0.3, -0.25) is 0 Å². The van der Waals surface area contributed by atoms with Crippen molar-refractivity contribution in [3.05, 3.63) is 74.6 Å². The molecule has 5 heteroatoms. The normalized spacial score (nSPS) is 20.3. The van der Waals surface area contributed by atoms with E-state index in [1.165, 1.54) is 29.2 Å². The minimum absolute atomic E-state index is 0.614. The number of hydrogen-bond donors (Lipinski definition) is 3. The highest BCUT2D eigenvalue weighted by Crippen LogP contribution is 2.23. The van der Waals surface area contributed by atoms with E-state index in [0.717, 1.165) is 58.3 Å². The molecule has 5 rings (SSSR count). The van der Waals surface area contributed by atoms with Crippen LogP contribution < -0.4 is 31.3 Å². The molecule has 1 aromatic carbocycles. The van der Waals surface area contributed by atoms with E-state index in [1.54, 1.807) is 7.11 Å². The second-order valence-electron chi connectivity index (χ2n) is 8.65. The van der Waals surface area contributed by atoms with Gasteiger partial charge in [-0.05, 0) is 75.4 Å². The lowest BCUT2D eigenvalue weighted by molar-refractivity contribution is 0.412. The largest absolute Gasteiger partial charge is 0.494 e. The lowest BCUT2D eigenvalue weighted by Gasteiger charge is -2.11. The van der Waals surface area contributed by atoms with Crippen molar-refractivity contribution in [3.63, 3.8) is 0 Å². The van der Waals surface area contributed by atoms with Gasteiger partial charge >= 0.3 is 0 Å². The number of hydrogen-bond acceptors (Lipinski definition) is 3. The molecule has 2 aliphatic heterocycles. The number of fused-ring (bicyclic) bond motifs is 1. The van der Waals surface area contributed by atoms with Gasteiger partial charge < -0.3 is 20.0 Å². The van der Waals surface area contributed by atoms with E-state index in [1.807, 2.05) is 0 Å². The minimum atomic E-state index is 0.614. The number of nitrogens with one attached hydrogen (secondary N) is 3. The number of aryl methyl sites for hydroxylation is 2. The van der Waals surface area contributed by atoms with Gasteiger partial charge in [0.2, 0.25) is 0 Å². The van der Waals surface area contributed by atoms with Gasteiger partial charge in [0.05, 0.1) is 28.9 Å². The molecular formula is C26H30N4O. The maximum absolute atomic E-state index is 5.71. The summed E-state index contributed by atoms with van der Waals surface area (Å²) in [5.41, 5.74) is 5.83. The molecule has 1 fully saturated rings. The van der Waals surface area contributed by atoms with Gasteiger partial charge in [-0.25, -0.2) is 4.99 Å². The second-order valence-corrected chi connectivity index (χ2v) is 8.65. The number of para-hydroxylation sites is 1. The predicted molar refractivity (Wildman–Crippen MR) is 125 cm³/mol. The van der Waals surface area contributed by atoms with E-state index < -0.39 is 0 Å². The van der Waals surface area contributed by atoms with Gasteiger partial charge in [-0.2, -0.15) is 0 Å². The molecule has 0 amide bonds. The molecule has 5 nitrogen and oxygen atoms in total. The number of benzene rings is 1. The standard InChI is InChI=1S/C26H30N4O/c1-16-13-17(2)28-22(16)14-23-25(31-3)15-24(29-23)26-20(11-10-18-7-6-12-27-18)19-8-4-5-9-21(19)30-26/h4-5,8-9,13-15,18,27-29H,6-7,10-12H2,1-3H3/b23-14-,26-24-. The topological polar surface area (TPSA) is 65.2 Å². The Kier molecular flexibility index (Phi) is 5.28. The number of aromatic amines is 2. The molecule has 0 aliphatic carbocycles. The molecule has 2 aliphatic rings. The van der Waals surface area contributed by atoms with E-state index >= 15 is 0 Å². The molecule has 1 unspecified atom stereocenters. The van der Waals surface area contributed by atoms with E-state index in [-0.39, 0.29) is 0 Å². The van der Waals surface area contributed by atoms with E-state index in [4.69, 9.17) is 9.73 Å². The van der Waals surface area contributed by atoms with Crippen LogP contribution in [-0.2, 0) is 0 Å². The third-order valence-corrected chi connectivity index (χ3v) is 6.42. The summed E-state index contributed by atoms with van der Waals surface area (Å²) >= 11 is 0. The Balaban J connectivity index is 1.63. The molecule has 0 spiro atoms. The van der Waals surface area contributed by atoms with Crippen molar-refractivity contribution in [2.75, 3.05) is 13.7 Å². The highest BCUT2D eigenvalue weighted by Gasteiger charge is 2.19. The summed E-state index contributed by atoms with van der Waals surface area (Å²) in [4.78, 5) is 12.0. The van der Waals surface area contributed by atoms with Crippen LogP contribution in [0.2, 0.25) is 0 Å². The summed E-state index contributed by atoms with van der Waals surface area (Å²) in [7, 11) is 1.72. The van der Waals surface area contributed by atoms with Crippen molar-refractivity contribution in [1.29, 1.82) is 0 Å². The Bertz CT molecular complexity index is 1350. The molecule has 0 saturated carbocycles. The van der Waals surface area contributed by atoms with Crippen LogP contribution in [0.5, 0.6) is 5.75 Å². The number of aromatic nitrogens is 2. The average Bonchev–Trinajstić information content (AvgIpc) is 3.53. The first-order valence-corrected chi connectivity index (χ1v) is 11.2. The second kappa shape index (κ2) is 8.23. The molecule has 160 valence electrons. The highest BCUT2D eigenvalue weighted by molar-refractivity contribution is 5.88. The molecule has 4 heterocycles. The van der Waals surface area contributed by atoms with Crippen LogP contribution in [-0.4, -0.2) is 29.7 Å². The average molecular weight is 415 g/mol. The molecule has 0 bridgehead atoms. The van der Waals surface area contributed by atoms with E-state index in [9.17, 15) is 0 Å². The Labute approximate surface area is 182 Å².